The molecule has 1 heterocycles. The zero-order valence-electron chi connectivity index (χ0n) is 7.10. The predicted molar refractivity (Wildman–Crippen MR) is 53.7 cm³/mol. The van der Waals surface area contributed by atoms with Crippen LogP contribution in [0.2, 0.25) is 0 Å². The van der Waals surface area contributed by atoms with E-state index in [-0.39, 0.29) is 0 Å². The molecule has 0 saturated heterocycles. The van der Waals surface area contributed by atoms with Gasteiger partial charge in [0.05, 0.1) is 22.9 Å². The topological polar surface area (TPSA) is 35.0 Å². The number of fused-ring (bicyclic) bond motifs is 1. The first kappa shape index (κ1) is 8.31. The lowest BCUT2D eigenvalue weighted by atomic mass is 10.2. The summed E-state index contributed by atoms with van der Waals surface area (Å²) in [5.41, 5.74) is 0.904. The summed E-state index contributed by atoms with van der Waals surface area (Å²) in [6.45, 7) is 0. The summed E-state index contributed by atoms with van der Waals surface area (Å²) in [6.07, 6.45) is 3.37. The largest absolute Gasteiger partial charge is 0.405 e. The zero-order chi connectivity index (χ0) is 9.10. The van der Waals surface area contributed by atoms with Gasteiger partial charge in [0.15, 0.2) is 0 Å². The summed E-state index contributed by atoms with van der Waals surface area (Å²) in [5.74, 6) is 0.623. The third-order valence-electron chi connectivity index (χ3n) is 1.67. The lowest BCUT2D eigenvalue weighted by Gasteiger charge is -2.02. The fraction of sp³-hybridized carbons (Fsp3) is 0.111. The molecule has 0 spiro atoms. The van der Waals surface area contributed by atoms with Crippen LogP contribution in [0, 0.1) is 0 Å². The summed E-state index contributed by atoms with van der Waals surface area (Å²) in [4.78, 5) is 8.17. The molecule has 4 heteroatoms. The average molecular weight is 192 g/mol. The highest BCUT2D eigenvalue weighted by Crippen LogP contribution is 2.22. The van der Waals surface area contributed by atoms with Gasteiger partial charge in [-0.1, -0.05) is 12.1 Å². The van der Waals surface area contributed by atoms with E-state index in [1.807, 2.05) is 30.5 Å². The Bertz CT molecular complexity index is 414. The Balaban J connectivity index is 2.61. The van der Waals surface area contributed by atoms with Gasteiger partial charge in [0.2, 0.25) is 5.88 Å². The molecule has 1 aromatic heterocycles. The fourth-order valence-electron chi connectivity index (χ4n) is 1.13. The van der Waals surface area contributed by atoms with Crippen molar-refractivity contribution in [3.8, 4) is 5.88 Å². The molecular formula is C9H8N2OS. The Morgan fingerprint density at radius 3 is 2.92 bits per heavy atom. The van der Waals surface area contributed by atoms with E-state index in [9.17, 15) is 0 Å². The molecule has 1 aromatic carbocycles. The van der Waals surface area contributed by atoms with Crippen molar-refractivity contribution in [1.82, 2.24) is 9.97 Å². The smallest absolute Gasteiger partial charge is 0.238 e. The molecule has 2 aromatic rings. The van der Waals surface area contributed by atoms with Crippen LogP contribution in [0.1, 0.15) is 0 Å². The van der Waals surface area contributed by atoms with Crippen molar-refractivity contribution in [3.05, 3.63) is 30.6 Å². The maximum Gasteiger partial charge on any atom is 0.238 e. The number of hydrogen-bond donors (Lipinski definition) is 0. The summed E-state index contributed by atoms with van der Waals surface area (Å²) in [5, 5.41) is 0.944. The molecule has 0 aliphatic heterocycles. The minimum Gasteiger partial charge on any atom is -0.405 e. The van der Waals surface area contributed by atoms with Gasteiger partial charge in [-0.2, -0.15) is 0 Å². The Kier molecular flexibility index (Phi) is 2.31. The Morgan fingerprint density at radius 2 is 2.08 bits per heavy atom. The van der Waals surface area contributed by atoms with Crippen LogP contribution in [-0.4, -0.2) is 16.2 Å². The first-order valence-corrected chi connectivity index (χ1v) is 4.97. The lowest BCUT2D eigenvalue weighted by molar-refractivity contribution is 0.626. The second-order valence-electron chi connectivity index (χ2n) is 2.45. The summed E-state index contributed by atoms with van der Waals surface area (Å²) in [6, 6.07) is 7.77. The van der Waals surface area contributed by atoms with E-state index in [2.05, 4.69) is 9.97 Å². The van der Waals surface area contributed by atoms with Crippen LogP contribution in [0.15, 0.2) is 30.6 Å². The summed E-state index contributed by atoms with van der Waals surface area (Å²) in [7, 11) is 0. The molecule has 0 unspecified atom stereocenters. The SMILES string of the molecule is CSOc1ncnc2ccccc12. The molecule has 0 radical (unpaired) electrons. The van der Waals surface area contributed by atoms with Crippen molar-refractivity contribution < 1.29 is 4.18 Å². The molecule has 0 amide bonds. The molecule has 13 heavy (non-hydrogen) atoms. The van der Waals surface area contributed by atoms with Gasteiger partial charge in [-0.3, -0.25) is 0 Å². The van der Waals surface area contributed by atoms with Gasteiger partial charge in [0.1, 0.15) is 6.33 Å². The molecule has 3 nitrogen and oxygen atoms in total. The molecule has 66 valence electrons. The second kappa shape index (κ2) is 3.62. The van der Waals surface area contributed by atoms with E-state index in [1.165, 1.54) is 18.4 Å². The Labute approximate surface area is 80.4 Å². The quantitative estimate of drug-likeness (QED) is 0.684. The van der Waals surface area contributed by atoms with Crippen LogP contribution in [0.3, 0.4) is 0 Å². The van der Waals surface area contributed by atoms with Gasteiger partial charge in [-0.05, 0) is 12.1 Å². The van der Waals surface area contributed by atoms with Crippen molar-refractivity contribution in [1.29, 1.82) is 0 Å². The number of para-hydroxylation sites is 1. The minimum absolute atomic E-state index is 0.623. The summed E-state index contributed by atoms with van der Waals surface area (Å²) < 4.78 is 5.28. The van der Waals surface area contributed by atoms with Crippen molar-refractivity contribution in [2.75, 3.05) is 6.26 Å². The third kappa shape index (κ3) is 1.58. The van der Waals surface area contributed by atoms with Crippen LogP contribution >= 0.6 is 12.0 Å². The Morgan fingerprint density at radius 1 is 1.23 bits per heavy atom. The van der Waals surface area contributed by atoms with Gasteiger partial charge in [-0.25, -0.2) is 9.97 Å². The first-order chi connectivity index (χ1) is 6.42. The number of hydrogen-bond acceptors (Lipinski definition) is 4. The highest BCUT2D eigenvalue weighted by Gasteiger charge is 2.02. The second-order valence-corrected chi connectivity index (χ2v) is 2.95. The van der Waals surface area contributed by atoms with Crippen molar-refractivity contribution in [3.63, 3.8) is 0 Å². The molecule has 0 N–H and O–H groups in total. The molecule has 2 rings (SSSR count). The molecule has 0 saturated carbocycles. The molecule has 0 aliphatic rings. The highest BCUT2D eigenvalue weighted by molar-refractivity contribution is 7.94. The first-order valence-electron chi connectivity index (χ1n) is 3.82. The van der Waals surface area contributed by atoms with Crippen LogP contribution in [0.5, 0.6) is 5.88 Å². The van der Waals surface area contributed by atoms with E-state index in [0.29, 0.717) is 5.88 Å². The van der Waals surface area contributed by atoms with Crippen molar-refractivity contribution in [2.24, 2.45) is 0 Å². The molecular weight excluding hydrogens is 184 g/mol. The highest BCUT2D eigenvalue weighted by atomic mass is 32.2. The number of rotatable bonds is 2. The fourth-order valence-corrected chi connectivity index (χ4v) is 1.42. The normalized spacial score (nSPS) is 10.2. The molecule has 0 aliphatic carbocycles. The molecule has 0 atom stereocenters. The monoisotopic (exact) mass is 192 g/mol. The van der Waals surface area contributed by atoms with E-state index in [0.717, 1.165) is 10.9 Å². The van der Waals surface area contributed by atoms with Crippen molar-refractivity contribution >= 4 is 22.9 Å². The van der Waals surface area contributed by atoms with Gasteiger partial charge < -0.3 is 4.18 Å². The van der Waals surface area contributed by atoms with Crippen LogP contribution in [-0.2, 0) is 0 Å². The van der Waals surface area contributed by atoms with E-state index in [4.69, 9.17) is 4.18 Å². The minimum atomic E-state index is 0.623. The van der Waals surface area contributed by atoms with Crippen LogP contribution in [0.25, 0.3) is 10.9 Å². The number of aromatic nitrogens is 2. The predicted octanol–water partition coefficient (Wildman–Crippen LogP) is 2.29. The lowest BCUT2D eigenvalue weighted by Crippen LogP contribution is -1.88. The zero-order valence-corrected chi connectivity index (χ0v) is 7.91. The van der Waals surface area contributed by atoms with Gasteiger partial charge in [0.25, 0.3) is 0 Å². The van der Waals surface area contributed by atoms with Gasteiger partial charge in [0, 0.05) is 6.26 Å². The number of benzene rings is 1. The molecule has 0 fully saturated rings. The van der Waals surface area contributed by atoms with Crippen molar-refractivity contribution in [2.45, 2.75) is 0 Å². The number of nitrogens with zero attached hydrogens (tertiary/aromatic N) is 2. The van der Waals surface area contributed by atoms with E-state index < -0.39 is 0 Å². The van der Waals surface area contributed by atoms with E-state index >= 15 is 0 Å². The van der Waals surface area contributed by atoms with Crippen LogP contribution in [0.4, 0.5) is 0 Å². The summed E-state index contributed by atoms with van der Waals surface area (Å²) >= 11 is 1.28. The van der Waals surface area contributed by atoms with Gasteiger partial charge >= 0.3 is 0 Å². The Hall–Kier alpha value is -1.29. The molecule has 0 bridgehead atoms. The van der Waals surface area contributed by atoms with Crippen LogP contribution < -0.4 is 4.18 Å². The maximum absolute atomic E-state index is 5.28. The van der Waals surface area contributed by atoms with Gasteiger partial charge in [-0.15, -0.1) is 0 Å². The standard InChI is InChI=1S/C9H8N2OS/c1-13-12-9-7-4-2-3-5-8(7)10-6-11-9/h2-6H,1H3. The third-order valence-corrected chi connectivity index (χ3v) is 1.99. The van der Waals surface area contributed by atoms with E-state index in [1.54, 1.807) is 0 Å². The maximum atomic E-state index is 5.28. The average Bonchev–Trinajstić information content (AvgIpc) is 2.19.